The highest BCUT2D eigenvalue weighted by Gasteiger charge is 2.14. The zero-order chi connectivity index (χ0) is 16.8. The Labute approximate surface area is 139 Å². The van der Waals surface area contributed by atoms with Gasteiger partial charge in [-0.3, -0.25) is 0 Å². The van der Waals surface area contributed by atoms with Crippen LogP contribution in [0.1, 0.15) is 11.3 Å². The molecule has 0 saturated carbocycles. The predicted molar refractivity (Wildman–Crippen MR) is 89.2 cm³/mol. The quantitative estimate of drug-likeness (QED) is 0.718. The third kappa shape index (κ3) is 3.69. The summed E-state index contributed by atoms with van der Waals surface area (Å²) in [5.41, 5.74) is 2.58. The van der Waals surface area contributed by atoms with Gasteiger partial charge in [0.25, 0.3) is 0 Å². The van der Waals surface area contributed by atoms with Crippen molar-refractivity contribution in [3.05, 3.63) is 66.1 Å². The first-order valence-electron chi connectivity index (χ1n) is 7.73. The van der Waals surface area contributed by atoms with Crippen LogP contribution in [0.2, 0.25) is 0 Å². The average molecular weight is 325 g/mol. The molecule has 0 aliphatic carbocycles. The number of rotatable bonds is 6. The molecule has 0 saturated heterocycles. The van der Waals surface area contributed by atoms with Gasteiger partial charge in [0.05, 0.1) is 25.0 Å². The number of benzene rings is 1. The summed E-state index contributed by atoms with van der Waals surface area (Å²) >= 11 is 0. The highest BCUT2D eigenvalue weighted by atomic mass is 16.3. The van der Waals surface area contributed by atoms with Crippen molar-refractivity contribution in [2.75, 3.05) is 13.2 Å². The van der Waals surface area contributed by atoms with Crippen molar-refractivity contribution in [1.82, 2.24) is 24.8 Å². The van der Waals surface area contributed by atoms with Crippen LogP contribution in [-0.4, -0.2) is 43.8 Å². The van der Waals surface area contributed by atoms with Crippen molar-refractivity contribution >= 4 is 11.7 Å². The van der Waals surface area contributed by atoms with Crippen LogP contribution in [-0.2, 0) is 13.1 Å². The molecule has 0 spiro atoms. The summed E-state index contributed by atoms with van der Waals surface area (Å²) in [5, 5.41) is 16.3. The number of aromatic nitrogens is 3. The van der Waals surface area contributed by atoms with Crippen LogP contribution in [0, 0.1) is 0 Å². The molecule has 0 radical (unpaired) electrons. The second-order valence-electron chi connectivity index (χ2n) is 5.33. The van der Waals surface area contributed by atoms with Crippen LogP contribution in [0.25, 0.3) is 5.65 Å². The maximum Gasteiger partial charge on any atom is 0.318 e. The van der Waals surface area contributed by atoms with Gasteiger partial charge >= 0.3 is 6.03 Å². The fraction of sp³-hybridized carbons (Fsp3) is 0.235. The Kier molecular flexibility index (Phi) is 5.02. The minimum absolute atomic E-state index is 0.0844. The van der Waals surface area contributed by atoms with E-state index in [2.05, 4.69) is 15.4 Å². The number of aliphatic hydroxyl groups excluding tert-OH is 1. The number of carbonyl (C=O) groups is 1. The smallest absolute Gasteiger partial charge is 0.318 e. The third-order valence-corrected chi connectivity index (χ3v) is 3.66. The van der Waals surface area contributed by atoms with E-state index >= 15 is 0 Å². The van der Waals surface area contributed by atoms with Gasteiger partial charge in [0, 0.05) is 25.4 Å². The van der Waals surface area contributed by atoms with E-state index in [9.17, 15) is 9.90 Å². The number of hydrogen-bond acceptors (Lipinski definition) is 4. The van der Waals surface area contributed by atoms with E-state index < -0.39 is 0 Å². The van der Waals surface area contributed by atoms with E-state index in [1.807, 2.05) is 36.4 Å². The molecule has 124 valence electrons. The van der Waals surface area contributed by atoms with E-state index in [1.165, 1.54) is 0 Å². The summed E-state index contributed by atoms with van der Waals surface area (Å²) in [6.45, 7) is 0.962. The lowest BCUT2D eigenvalue weighted by atomic mass is 10.2. The van der Waals surface area contributed by atoms with E-state index in [-0.39, 0.29) is 19.2 Å². The lowest BCUT2D eigenvalue weighted by molar-refractivity contribution is 0.173. The summed E-state index contributed by atoms with van der Waals surface area (Å²) in [5.74, 6) is 0. The van der Waals surface area contributed by atoms with Gasteiger partial charge in [-0.2, -0.15) is 5.10 Å². The van der Waals surface area contributed by atoms with Crippen molar-refractivity contribution < 1.29 is 9.90 Å². The van der Waals surface area contributed by atoms with Crippen molar-refractivity contribution in [3.8, 4) is 0 Å². The number of hydrogen-bond donors (Lipinski definition) is 2. The molecule has 0 atom stereocenters. The first-order chi connectivity index (χ1) is 11.8. The molecule has 0 aliphatic rings. The normalized spacial score (nSPS) is 10.7. The minimum Gasteiger partial charge on any atom is -0.395 e. The Morgan fingerprint density at radius 2 is 2.00 bits per heavy atom. The van der Waals surface area contributed by atoms with E-state index in [1.54, 1.807) is 27.9 Å². The van der Waals surface area contributed by atoms with Gasteiger partial charge in [-0.25, -0.2) is 14.3 Å². The molecule has 1 aromatic carbocycles. The zero-order valence-electron chi connectivity index (χ0n) is 13.2. The number of nitrogens with one attached hydrogen (secondary N) is 1. The molecule has 0 bridgehead atoms. The van der Waals surface area contributed by atoms with E-state index in [4.69, 9.17) is 0 Å². The van der Waals surface area contributed by atoms with Crippen LogP contribution < -0.4 is 5.32 Å². The van der Waals surface area contributed by atoms with Gasteiger partial charge in [0.15, 0.2) is 5.65 Å². The van der Waals surface area contributed by atoms with E-state index in [0.29, 0.717) is 13.1 Å². The fourth-order valence-corrected chi connectivity index (χ4v) is 2.47. The van der Waals surface area contributed by atoms with Crippen LogP contribution in [0.5, 0.6) is 0 Å². The average Bonchev–Trinajstić information content (AvgIpc) is 3.09. The molecule has 2 amide bonds. The third-order valence-electron chi connectivity index (χ3n) is 3.66. The Bertz CT molecular complexity index is 803. The van der Waals surface area contributed by atoms with Crippen molar-refractivity contribution in [3.63, 3.8) is 0 Å². The van der Waals surface area contributed by atoms with Crippen molar-refractivity contribution in [1.29, 1.82) is 0 Å². The lowest BCUT2D eigenvalue weighted by Gasteiger charge is -2.22. The Morgan fingerprint density at radius 3 is 2.79 bits per heavy atom. The van der Waals surface area contributed by atoms with Crippen LogP contribution >= 0.6 is 0 Å². The van der Waals surface area contributed by atoms with Gasteiger partial charge in [0.1, 0.15) is 0 Å². The molecule has 7 heteroatoms. The Balaban J connectivity index is 1.66. The summed E-state index contributed by atoms with van der Waals surface area (Å²) in [7, 11) is 0. The van der Waals surface area contributed by atoms with Crippen LogP contribution in [0.4, 0.5) is 4.79 Å². The largest absolute Gasteiger partial charge is 0.395 e. The SMILES string of the molecule is O=C(NCc1ccnc2ccnn12)N(CCO)Cc1ccccc1. The highest BCUT2D eigenvalue weighted by molar-refractivity contribution is 5.74. The Morgan fingerprint density at radius 1 is 1.17 bits per heavy atom. The predicted octanol–water partition coefficient (Wildman–Crippen LogP) is 1.43. The standard InChI is InChI=1S/C17H19N5O2/c23-11-10-21(13-14-4-2-1-3-5-14)17(24)19-12-15-6-8-18-16-7-9-20-22(15)16/h1-9,23H,10-13H2,(H,19,24). The summed E-state index contributed by atoms with van der Waals surface area (Å²) in [6.07, 6.45) is 3.36. The number of aliphatic hydroxyl groups is 1. The first-order valence-corrected chi connectivity index (χ1v) is 7.73. The van der Waals surface area contributed by atoms with Gasteiger partial charge in [0.2, 0.25) is 0 Å². The number of carbonyl (C=O) groups excluding carboxylic acids is 1. The second kappa shape index (κ2) is 7.56. The van der Waals surface area contributed by atoms with Crippen LogP contribution in [0.3, 0.4) is 0 Å². The molecular formula is C17H19N5O2. The molecule has 0 aliphatic heterocycles. The Hall–Kier alpha value is -2.93. The summed E-state index contributed by atoms with van der Waals surface area (Å²) < 4.78 is 1.69. The van der Waals surface area contributed by atoms with Gasteiger partial charge < -0.3 is 15.3 Å². The van der Waals surface area contributed by atoms with Gasteiger partial charge in [-0.05, 0) is 11.6 Å². The highest BCUT2D eigenvalue weighted by Crippen LogP contribution is 2.06. The zero-order valence-corrected chi connectivity index (χ0v) is 13.2. The van der Waals surface area contributed by atoms with Crippen molar-refractivity contribution in [2.24, 2.45) is 0 Å². The molecule has 2 heterocycles. The van der Waals surface area contributed by atoms with E-state index in [0.717, 1.165) is 16.9 Å². The summed E-state index contributed by atoms with van der Waals surface area (Å²) in [6, 6.07) is 13.1. The van der Waals surface area contributed by atoms with Crippen LogP contribution in [0.15, 0.2) is 54.9 Å². The second-order valence-corrected chi connectivity index (χ2v) is 5.33. The van der Waals surface area contributed by atoms with Gasteiger partial charge in [-0.1, -0.05) is 30.3 Å². The maximum absolute atomic E-state index is 12.4. The molecule has 24 heavy (non-hydrogen) atoms. The summed E-state index contributed by atoms with van der Waals surface area (Å²) in [4.78, 5) is 18.2. The number of nitrogens with zero attached hydrogens (tertiary/aromatic N) is 4. The monoisotopic (exact) mass is 325 g/mol. The number of fused-ring (bicyclic) bond motifs is 1. The molecule has 2 aromatic heterocycles. The number of amides is 2. The molecular weight excluding hydrogens is 306 g/mol. The lowest BCUT2D eigenvalue weighted by Crippen LogP contribution is -2.41. The maximum atomic E-state index is 12.4. The van der Waals surface area contributed by atoms with Gasteiger partial charge in [-0.15, -0.1) is 0 Å². The molecule has 3 rings (SSSR count). The molecule has 3 aromatic rings. The topological polar surface area (TPSA) is 82.8 Å². The minimum atomic E-state index is -0.231. The molecule has 0 unspecified atom stereocenters. The first kappa shape index (κ1) is 15.9. The molecule has 2 N–H and O–H groups in total. The molecule has 0 fully saturated rings. The number of urea groups is 1. The molecule has 7 nitrogen and oxygen atoms in total. The fourth-order valence-electron chi connectivity index (χ4n) is 2.47. The van der Waals surface area contributed by atoms with Crippen molar-refractivity contribution in [2.45, 2.75) is 13.1 Å².